The molecule has 7 nitrogen and oxygen atoms in total. The van der Waals surface area contributed by atoms with Crippen molar-refractivity contribution in [2.75, 3.05) is 19.1 Å². The molecule has 0 spiro atoms. The van der Waals surface area contributed by atoms with Gasteiger partial charge in [0.2, 0.25) is 0 Å². The molecule has 0 unspecified atom stereocenters. The van der Waals surface area contributed by atoms with Gasteiger partial charge in [-0.05, 0) is 35.9 Å². The highest BCUT2D eigenvalue weighted by molar-refractivity contribution is 5.81. The second-order valence-corrected chi connectivity index (χ2v) is 4.58. The van der Waals surface area contributed by atoms with E-state index in [1.807, 2.05) is 0 Å². The number of non-ortho nitro benzene ring substituents is 1. The van der Waals surface area contributed by atoms with Crippen LogP contribution < -0.4 is 14.9 Å². The van der Waals surface area contributed by atoms with Gasteiger partial charge in [-0.2, -0.15) is 5.10 Å². The van der Waals surface area contributed by atoms with Gasteiger partial charge in [-0.1, -0.05) is 5.92 Å². The molecule has 122 valence electrons. The third-order valence-corrected chi connectivity index (χ3v) is 2.98. The van der Waals surface area contributed by atoms with Crippen LogP contribution in [-0.2, 0) is 0 Å². The number of nitrogens with zero attached hydrogens (tertiary/aromatic N) is 2. The summed E-state index contributed by atoms with van der Waals surface area (Å²) in [6.45, 7) is 0.158. The van der Waals surface area contributed by atoms with Crippen molar-refractivity contribution in [1.29, 1.82) is 0 Å². The second kappa shape index (κ2) is 8.19. The molecule has 0 radical (unpaired) electrons. The Morgan fingerprint density at radius 1 is 1.29 bits per heavy atom. The molecule has 0 saturated heterocycles. The normalized spacial score (nSPS) is 10.2. The predicted octanol–water partition coefficient (Wildman–Crippen LogP) is 3.06. The van der Waals surface area contributed by atoms with E-state index in [0.29, 0.717) is 17.2 Å². The summed E-state index contributed by atoms with van der Waals surface area (Å²) in [7, 11) is 1.54. The highest BCUT2D eigenvalue weighted by Crippen LogP contribution is 2.27. The van der Waals surface area contributed by atoms with E-state index in [-0.39, 0.29) is 12.3 Å². The molecule has 7 heteroatoms. The zero-order valence-electron chi connectivity index (χ0n) is 12.9. The lowest BCUT2D eigenvalue weighted by Gasteiger charge is -2.09. The van der Waals surface area contributed by atoms with Crippen molar-refractivity contribution in [3.63, 3.8) is 0 Å². The molecule has 24 heavy (non-hydrogen) atoms. The molecule has 2 rings (SSSR count). The summed E-state index contributed by atoms with van der Waals surface area (Å²) in [4.78, 5) is 10.1. The van der Waals surface area contributed by atoms with E-state index in [2.05, 4.69) is 16.4 Å². The van der Waals surface area contributed by atoms with E-state index in [1.54, 1.807) is 36.5 Å². The minimum Gasteiger partial charge on any atom is -0.493 e. The smallest absolute Gasteiger partial charge is 0.269 e. The lowest BCUT2D eigenvalue weighted by molar-refractivity contribution is -0.384. The molecule has 0 aliphatic carbocycles. The van der Waals surface area contributed by atoms with Gasteiger partial charge in [-0.15, -0.1) is 6.42 Å². The molecule has 0 aliphatic heterocycles. The van der Waals surface area contributed by atoms with Crippen LogP contribution in [0.25, 0.3) is 0 Å². The van der Waals surface area contributed by atoms with Crippen molar-refractivity contribution in [2.24, 2.45) is 5.10 Å². The van der Waals surface area contributed by atoms with Crippen LogP contribution in [0.1, 0.15) is 5.56 Å². The zero-order valence-corrected chi connectivity index (χ0v) is 12.9. The number of nitrogens with one attached hydrogen (secondary N) is 1. The minimum absolute atomic E-state index is 0.0248. The molecule has 0 bridgehead atoms. The van der Waals surface area contributed by atoms with Gasteiger partial charge >= 0.3 is 0 Å². The van der Waals surface area contributed by atoms with E-state index < -0.39 is 4.92 Å². The monoisotopic (exact) mass is 325 g/mol. The number of anilines is 1. The number of rotatable bonds is 7. The third kappa shape index (κ3) is 4.48. The van der Waals surface area contributed by atoms with Gasteiger partial charge in [0.1, 0.15) is 6.61 Å². The Morgan fingerprint density at radius 3 is 2.67 bits per heavy atom. The van der Waals surface area contributed by atoms with Crippen LogP contribution in [0.5, 0.6) is 11.5 Å². The molecule has 2 aromatic rings. The number of terminal acetylenes is 1. The zero-order chi connectivity index (χ0) is 17.4. The Bertz CT molecular complexity index is 779. The molecule has 0 heterocycles. The molecule has 1 N–H and O–H groups in total. The van der Waals surface area contributed by atoms with E-state index in [9.17, 15) is 10.1 Å². The van der Waals surface area contributed by atoms with Crippen molar-refractivity contribution >= 4 is 17.6 Å². The third-order valence-electron chi connectivity index (χ3n) is 2.98. The number of hydrazone groups is 1. The summed E-state index contributed by atoms with van der Waals surface area (Å²) in [6, 6.07) is 11.3. The van der Waals surface area contributed by atoms with Crippen LogP contribution in [0, 0.1) is 22.5 Å². The SMILES string of the molecule is C#CCOc1ccc(/C=N\Nc2ccc([N+](=O)[O-])cc2)cc1OC. The molecule has 0 atom stereocenters. The fourth-order valence-electron chi connectivity index (χ4n) is 1.84. The van der Waals surface area contributed by atoms with Crippen molar-refractivity contribution in [3.05, 3.63) is 58.1 Å². The highest BCUT2D eigenvalue weighted by Gasteiger charge is 2.05. The number of benzene rings is 2. The molecule has 2 aromatic carbocycles. The standard InChI is InChI=1S/C17H15N3O4/c1-3-10-24-16-9-4-13(11-17(16)23-2)12-18-19-14-5-7-15(8-6-14)20(21)22/h1,4-9,11-12,19H,10H2,2H3/b18-12-. The Labute approximate surface area is 139 Å². The maximum absolute atomic E-state index is 10.6. The Morgan fingerprint density at radius 2 is 2.04 bits per heavy atom. The molecule has 0 aliphatic rings. The summed E-state index contributed by atoms with van der Waals surface area (Å²) in [6.07, 6.45) is 6.75. The lowest BCUT2D eigenvalue weighted by atomic mass is 10.2. The van der Waals surface area contributed by atoms with Crippen LogP contribution in [0.15, 0.2) is 47.6 Å². The number of hydrogen-bond acceptors (Lipinski definition) is 6. The maximum atomic E-state index is 10.6. The van der Waals surface area contributed by atoms with Crippen molar-refractivity contribution in [3.8, 4) is 23.8 Å². The van der Waals surface area contributed by atoms with E-state index in [0.717, 1.165) is 5.56 Å². The highest BCUT2D eigenvalue weighted by atomic mass is 16.6. The molecular formula is C17H15N3O4. The van der Waals surface area contributed by atoms with Gasteiger partial charge < -0.3 is 9.47 Å². The maximum Gasteiger partial charge on any atom is 0.269 e. The van der Waals surface area contributed by atoms with E-state index in [1.165, 1.54) is 19.2 Å². The van der Waals surface area contributed by atoms with Crippen LogP contribution in [-0.4, -0.2) is 24.9 Å². The van der Waals surface area contributed by atoms with Crippen molar-refractivity contribution in [1.82, 2.24) is 0 Å². The van der Waals surface area contributed by atoms with Gasteiger partial charge in [0, 0.05) is 12.1 Å². The van der Waals surface area contributed by atoms with Crippen molar-refractivity contribution in [2.45, 2.75) is 0 Å². The topological polar surface area (TPSA) is 86.0 Å². The van der Waals surface area contributed by atoms with Crippen LogP contribution >= 0.6 is 0 Å². The van der Waals surface area contributed by atoms with Gasteiger partial charge in [0.25, 0.3) is 5.69 Å². The first-order valence-corrected chi connectivity index (χ1v) is 6.92. The first kappa shape index (κ1) is 16.8. The van der Waals surface area contributed by atoms with Gasteiger partial charge in [-0.3, -0.25) is 15.5 Å². The molecular weight excluding hydrogens is 310 g/mol. The van der Waals surface area contributed by atoms with Gasteiger partial charge in [0.15, 0.2) is 11.5 Å². The summed E-state index contributed by atoms with van der Waals surface area (Å²) in [5, 5.41) is 14.7. The first-order chi connectivity index (χ1) is 11.6. The fraction of sp³-hybridized carbons (Fsp3) is 0.118. The van der Waals surface area contributed by atoms with Crippen LogP contribution in [0.3, 0.4) is 0 Å². The Balaban J connectivity index is 2.03. The first-order valence-electron chi connectivity index (χ1n) is 6.92. The predicted molar refractivity (Wildman–Crippen MR) is 91.6 cm³/mol. The molecule has 0 amide bonds. The molecule has 0 fully saturated rings. The van der Waals surface area contributed by atoms with Crippen molar-refractivity contribution < 1.29 is 14.4 Å². The average Bonchev–Trinajstić information content (AvgIpc) is 2.60. The Kier molecular flexibility index (Phi) is 5.75. The molecule has 0 saturated carbocycles. The van der Waals surface area contributed by atoms with Gasteiger partial charge in [0.05, 0.1) is 23.9 Å². The summed E-state index contributed by atoms with van der Waals surface area (Å²) in [5.41, 5.74) is 4.24. The Hall–Kier alpha value is -3.53. The number of methoxy groups -OCH3 is 1. The number of nitro groups is 1. The van der Waals surface area contributed by atoms with Crippen LogP contribution in [0.4, 0.5) is 11.4 Å². The van der Waals surface area contributed by atoms with Gasteiger partial charge in [-0.25, -0.2) is 0 Å². The molecule has 0 aromatic heterocycles. The number of hydrogen-bond donors (Lipinski definition) is 1. The van der Waals surface area contributed by atoms with Crippen LogP contribution in [0.2, 0.25) is 0 Å². The van der Waals surface area contributed by atoms with E-state index >= 15 is 0 Å². The lowest BCUT2D eigenvalue weighted by Crippen LogP contribution is -1.98. The van der Waals surface area contributed by atoms with E-state index in [4.69, 9.17) is 15.9 Å². The quantitative estimate of drug-likeness (QED) is 0.366. The summed E-state index contributed by atoms with van der Waals surface area (Å²) < 4.78 is 10.6. The second-order valence-electron chi connectivity index (χ2n) is 4.58. The average molecular weight is 325 g/mol. The fourth-order valence-corrected chi connectivity index (χ4v) is 1.84. The number of ether oxygens (including phenoxy) is 2. The summed E-state index contributed by atoms with van der Waals surface area (Å²) in [5.74, 6) is 3.49. The largest absolute Gasteiger partial charge is 0.493 e. The summed E-state index contributed by atoms with van der Waals surface area (Å²) >= 11 is 0. The minimum atomic E-state index is -0.455. The number of nitro benzene ring substituents is 1.